The van der Waals surface area contributed by atoms with Crippen LogP contribution in [-0.4, -0.2) is 12.6 Å². The normalized spacial score (nSPS) is 12.0. The Kier molecular flexibility index (Phi) is 8.40. The lowest BCUT2D eigenvalue weighted by molar-refractivity contribution is 0.0447. The molecule has 0 N–H and O–H groups in total. The van der Waals surface area contributed by atoms with Gasteiger partial charge in [-0.15, -0.1) is 0 Å². The van der Waals surface area contributed by atoms with Gasteiger partial charge in [-0.3, -0.25) is 0 Å². The minimum Gasteiger partial charge on any atom is -0.462 e. The summed E-state index contributed by atoms with van der Waals surface area (Å²) in [6, 6.07) is 16.5. The van der Waals surface area contributed by atoms with Crippen molar-refractivity contribution in [2.45, 2.75) is 59.3 Å². The first-order valence-corrected chi connectivity index (χ1v) is 10.0. The van der Waals surface area contributed by atoms with Gasteiger partial charge in [0.25, 0.3) is 0 Å². The molecule has 0 spiro atoms. The molecule has 2 rings (SSSR count). The molecule has 140 valence electrons. The van der Waals surface area contributed by atoms with Crippen molar-refractivity contribution in [1.82, 2.24) is 0 Å². The Morgan fingerprint density at radius 3 is 2.08 bits per heavy atom. The number of carbonyl (C=O) groups excluding carboxylic acids is 1. The summed E-state index contributed by atoms with van der Waals surface area (Å²) in [5.41, 5.74) is 4.32. The van der Waals surface area contributed by atoms with Crippen LogP contribution in [0.15, 0.2) is 48.5 Å². The molecule has 0 bridgehead atoms. The number of unbranched alkanes of at least 4 members (excludes halogenated alkanes) is 3. The van der Waals surface area contributed by atoms with Crippen LogP contribution >= 0.6 is 0 Å². The van der Waals surface area contributed by atoms with Crippen molar-refractivity contribution in [3.05, 3.63) is 59.7 Å². The average Bonchev–Trinajstić information content (AvgIpc) is 2.69. The van der Waals surface area contributed by atoms with E-state index in [2.05, 4.69) is 45.0 Å². The van der Waals surface area contributed by atoms with Gasteiger partial charge < -0.3 is 4.74 Å². The lowest BCUT2D eigenvalue weighted by Gasteiger charge is -2.10. The molecule has 26 heavy (non-hydrogen) atoms. The fraction of sp³-hybridized carbons (Fsp3) is 0.458. The molecule has 1 unspecified atom stereocenters. The summed E-state index contributed by atoms with van der Waals surface area (Å²) in [4.78, 5) is 12.1. The Bertz CT molecular complexity index is 656. The molecule has 0 fully saturated rings. The fourth-order valence-corrected chi connectivity index (χ4v) is 2.84. The molecule has 1 atom stereocenters. The highest BCUT2D eigenvalue weighted by Gasteiger charge is 2.09. The number of aryl methyl sites for hydroxylation is 1. The number of carbonyl (C=O) groups is 1. The first-order chi connectivity index (χ1) is 12.6. The highest BCUT2D eigenvalue weighted by Crippen LogP contribution is 2.21. The van der Waals surface area contributed by atoms with Crippen molar-refractivity contribution in [3.63, 3.8) is 0 Å². The van der Waals surface area contributed by atoms with E-state index in [4.69, 9.17) is 4.74 Å². The monoisotopic (exact) mass is 352 g/mol. The van der Waals surface area contributed by atoms with E-state index in [0.29, 0.717) is 18.1 Å². The average molecular weight is 353 g/mol. The van der Waals surface area contributed by atoms with Crippen molar-refractivity contribution >= 4 is 5.97 Å². The second-order valence-corrected chi connectivity index (χ2v) is 7.20. The third kappa shape index (κ3) is 6.33. The summed E-state index contributed by atoms with van der Waals surface area (Å²) in [7, 11) is 0. The predicted octanol–water partition coefficient (Wildman–Crippen LogP) is 6.68. The van der Waals surface area contributed by atoms with E-state index >= 15 is 0 Å². The largest absolute Gasteiger partial charge is 0.462 e. The summed E-state index contributed by atoms with van der Waals surface area (Å²) in [6.45, 7) is 6.91. The molecule has 0 amide bonds. The number of benzene rings is 2. The van der Waals surface area contributed by atoms with E-state index in [1.807, 2.05) is 24.3 Å². The van der Waals surface area contributed by atoms with Gasteiger partial charge in [-0.25, -0.2) is 4.79 Å². The van der Waals surface area contributed by atoms with E-state index in [-0.39, 0.29) is 5.97 Å². The van der Waals surface area contributed by atoms with Crippen molar-refractivity contribution in [3.8, 4) is 11.1 Å². The molecule has 2 aromatic carbocycles. The van der Waals surface area contributed by atoms with Crippen LogP contribution in [0.5, 0.6) is 0 Å². The SMILES string of the molecule is CCCCCCc1ccc(-c2ccc(C(=O)OCC(C)CC)cc2)cc1. The second kappa shape index (κ2) is 10.8. The fourth-order valence-electron chi connectivity index (χ4n) is 2.84. The van der Waals surface area contributed by atoms with Crippen LogP contribution in [0.2, 0.25) is 0 Å². The smallest absolute Gasteiger partial charge is 0.338 e. The van der Waals surface area contributed by atoms with Crippen LogP contribution in [0, 0.1) is 5.92 Å². The van der Waals surface area contributed by atoms with Crippen molar-refractivity contribution < 1.29 is 9.53 Å². The summed E-state index contributed by atoms with van der Waals surface area (Å²) < 4.78 is 5.36. The maximum Gasteiger partial charge on any atom is 0.338 e. The maximum absolute atomic E-state index is 12.1. The summed E-state index contributed by atoms with van der Waals surface area (Å²) in [5.74, 6) is 0.165. The Balaban J connectivity index is 1.92. The maximum atomic E-state index is 12.1. The summed E-state index contributed by atoms with van der Waals surface area (Å²) in [5, 5.41) is 0. The minimum absolute atomic E-state index is 0.237. The summed E-state index contributed by atoms with van der Waals surface area (Å²) in [6.07, 6.45) is 7.35. The van der Waals surface area contributed by atoms with Gasteiger partial charge >= 0.3 is 5.97 Å². The van der Waals surface area contributed by atoms with Crippen LogP contribution in [0.25, 0.3) is 11.1 Å². The molecule has 0 heterocycles. The Labute approximate surface area is 158 Å². The molecule has 2 heteroatoms. The highest BCUT2D eigenvalue weighted by molar-refractivity contribution is 5.90. The van der Waals surface area contributed by atoms with Crippen LogP contribution in [0.3, 0.4) is 0 Å². The van der Waals surface area contributed by atoms with Gasteiger partial charge in [0, 0.05) is 0 Å². The van der Waals surface area contributed by atoms with Crippen LogP contribution in [-0.2, 0) is 11.2 Å². The van der Waals surface area contributed by atoms with Gasteiger partial charge in [0.1, 0.15) is 0 Å². The summed E-state index contributed by atoms with van der Waals surface area (Å²) >= 11 is 0. The van der Waals surface area contributed by atoms with Crippen LogP contribution < -0.4 is 0 Å². The molecule has 0 aliphatic heterocycles. The lowest BCUT2D eigenvalue weighted by atomic mass is 10.0. The van der Waals surface area contributed by atoms with Gasteiger partial charge in [0.05, 0.1) is 12.2 Å². The van der Waals surface area contributed by atoms with Crippen LogP contribution in [0.1, 0.15) is 68.8 Å². The van der Waals surface area contributed by atoms with E-state index in [1.54, 1.807) is 0 Å². The highest BCUT2D eigenvalue weighted by atomic mass is 16.5. The molecule has 0 saturated heterocycles. The molecular weight excluding hydrogens is 320 g/mol. The van der Waals surface area contributed by atoms with Gasteiger partial charge in [-0.1, -0.05) is 82.9 Å². The second-order valence-electron chi connectivity index (χ2n) is 7.20. The van der Waals surface area contributed by atoms with Crippen molar-refractivity contribution in [1.29, 1.82) is 0 Å². The Morgan fingerprint density at radius 2 is 1.50 bits per heavy atom. The Hall–Kier alpha value is -2.09. The molecular formula is C24H32O2. The number of esters is 1. The molecule has 0 aliphatic rings. The van der Waals surface area contributed by atoms with E-state index in [0.717, 1.165) is 18.4 Å². The van der Waals surface area contributed by atoms with E-state index in [1.165, 1.54) is 36.8 Å². The topological polar surface area (TPSA) is 26.3 Å². The van der Waals surface area contributed by atoms with Crippen LogP contribution in [0.4, 0.5) is 0 Å². The zero-order valence-electron chi connectivity index (χ0n) is 16.5. The zero-order chi connectivity index (χ0) is 18.8. The standard InChI is InChI=1S/C24H32O2/c1-4-6-7-8-9-20-10-12-21(13-11-20)22-14-16-23(17-15-22)24(25)26-18-19(3)5-2/h10-17,19H,4-9,18H2,1-3H3. The number of rotatable bonds is 10. The molecule has 2 aromatic rings. The van der Waals surface area contributed by atoms with Gasteiger partial charge in [-0.05, 0) is 47.6 Å². The number of ether oxygens (including phenoxy) is 1. The van der Waals surface area contributed by atoms with Gasteiger partial charge in [0.15, 0.2) is 0 Å². The molecule has 0 aliphatic carbocycles. The van der Waals surface area contributed by atoms with Crippen molar-refractivity contribution in [2.75, 3.05) is 6.61 Å². The third-order valence-electron chi connectivity index (χ3n) is 4.92. The van der Waals surface area contributed by atoms with Gasteiger partial charge in [-0.2, -0.15) is 0 Å². The van der Waals surface area contributed by atoms with Gasteiger partial charge in [0.2, 0.25) is 0 Å². The van der Waals surface area contributed by atoms with E-state index in [9.17, 15) is 4.79 Å². The third-order valence-corrected chi connectivity index (χ3v) is 4.92. The molecule has 0 saturated carbocycles. The molecule has 0 radical (unpaired) electrons. The molecule has 2 nitrogen and oxygen atoms in total. The first-order valence-electron chi connectivity index (χ1n) is 10.0. The molecule has 0 aromatic heterocycles. The van der Waals surface area contributed by atoms with Crippen molar-refractivity contribution in [2.24, 2.45) is 5.92 Å². The Morgan fingerprint density at radius 1 is 0.885 bits per heavy atom. The zero-order valence-corrected chi connectivity index (χ0v) is 16.5. The quantitative estimate of drug-likeness (QED) is 0.352. The number of hydrogen-bond donors (Lipinski definition) is 0. The predicted molar refractivity (Wildman–Crippen MR) is 109 cm³/mol. The number of hydrogen-bond acceptors (Lipinski definition) is 2. The van der Waals surface area contributed by atoms with E-state index < -0.39 is 0 Å². The first kappa shape index (κ1) is 20.2. The lowest BCUT2D eigenvalue weighted by Crippen LogP contribution is -2.11. The minimum atomic E-state index is -0.237.